The molecule has 1 aromatic carbocycles. The van der Waals surface area contributed by atoms with E-state index in [9.17, 15) is 0 Å². The van der Waals surface area contributed by atoms with E-state index >= 15 is 0 Å². The topological polar surface area (TPSA) is 45.4 Å². The predicted octanol–water partition coefficient (Wildman–Crippen LogP) is 2.55. The van der Waals surface area contributed by atoms with Crippen molar-refractivity contribution in [2.24, 2.45) is 0 Å². The Kier molecular flexibility index (Phi) is 3.48. The van der Waals surface area contributed by atoms with Crippen LogP contribution in [0, 0.1) is 0 Å². The van der Waals surface area contributed by atoms with E-state index in [-0.39, 0.29) is 0 Å². The smallest absolute Gasteiger partial charge is 0.147 e. The summed E-state index contributed by atoms with van der Waals surface area (Å²) in [4.78, 5) is 13.9. The SMILES string of the molecule is c1coc(CN2CCN(c3cnc4ccccc4n3)CC2)c1. The second-order valence-electron chi connectivity index (χ2n) is 5.56. The first-order chi connectivity index (χ1) is 10.9. The first kappa shape index (κ1) is 13.3. The highest BCUT2D eigenvalue weighted by atomic mass is 16.3. The molecule has 3 aromatic rings. The van der Waals surface area contributed by atoms with Gasteiger partial charge >= 0.3 is 0 Å². The highest BCUT2D eigenvalue weighted by Crippen LogP contribution is 2.17. The average molecular weight is 294 g/mol. The van der Waals surface area contributed by atoms with Gasteiger partial charge in [-0.2, -0.15) is 0 Å². The molecule has 0 radical (unpaired) electrons. The number of benzene rings is 1. The Balaban J connectivity index is 1.43. The Bertz CT molecular complexity index is 748. The molecular weight excluding hydrogens is 276 g/mol. The van der Waals surface area contributed by atoms with E-state index in [2.05, 4.69) is 14.8 Å². The summed E-state index contributed by atoms with van der Waals surface area (Å²) in [5.41, 5.74) is 1.90. The molecule has 0 aliphatic carbocycles. The maximum absolute atomic E-state index is 5.42. The van der Waals surface area contributed by atoms with Gasteiger partial charge in [-0.1, -0.05) is 12.1 Å². The van der Waals surface area contributed by atoms with Gasteiger partial charge in [-0.3, -0.25) is 9.88 Å². The third kappa shape index (κ3) is 2.67. The Morgan fingerprint density at radius 1 is 0.955 bits per heavy atom. The van der Waals surface area contributed by atoms with Gasteiger partial charge < -0.3 is 9.32 Å². The highest BCUT2D eigenvalue weighted by Gasteiger charge is 2.19. The number of hydrogen-bond acceptors (Lipinski definition) is 5. The van der Waals surface area contributed by atoms with E-state index < -0.39 is 0 Å². The van der Waals surface area contributed by atoms with Crippen molar-refractivity contribution in [3.8, 4) is 0 Å². The Labute approximate surface area is 129 Å². The zero-order chi connectivity index (χ0) is 14.8. The van der Waals surface area contributed by atoms with E-state index in [0.29, 0.717) is 0 Å². The number of anilines is 1. The Hall–Kier alpha value is -2.40. The predicted molar refractivity (Wildman–Crippen MR) is 85.7 cm³/mol. The molecule has 3 heterocycles. The lowest BCUT2D eigenvalue weighted by molar-refractivity contribution is 0.230. The molecule has 1 aliphatic heterocycles. The standard InChI is InChI=1S/C17H18N4O/c1-2-6-16-15(5-1)18-12-17(19-16)21-9-7-20(8-10-21)13-14-4-3-11-22-14/h1-6,11-12H,7-10,13H2. The normalized spacial score (nSPS) is 16.3. The van der Waals surface area contributed by atoms with Gasteiger partial charge in [0.2, 0.25) is 0 Å². The molecule has 0 spiro atoms. The molecule has 2 aromatic heterocycles. The molecule has 0 atom stereocenters. The summed E-state index contributed by atoms with van der Waals surface area (Å²) in [6.45, 7) is 4.83. The van der Waals surface area contributed by atoms with Crippen LogP contribution in [0.25, 0.3) is 11.0 Å². The quantitative estimate of drug-likeness (QED) is 0.743. The maximum Gasteiger partial charge on any atom is 0.147 e. The van der Waals surface area contributed by atoms with E-state index in [1.165, 1.54) is 0 Å². The van der Waals surface area contributed by atoms with Crippen LogP contribution in [-0.4, -0.2) is 41.0 Å². The zero-order valence-corrected chi connectivity index (χ0v) is 12.4. The molecule has 0 amide bonds. The average Bonchev–Trinajstić information content (AvgIpc) is 3.08. The van der Waals surface area contributed by atoms with Crippen molar-refractivity contribution in [1.82, 2.24) is 14.9 Å². The lowest BCUT2D eigenvalue weighted by Crippen LogP contribution is -2.46. The summed E-state index contributed by atoms with van der Waals surface area (Å²) in [6, 6.07) is 12.0. The first-order valence-electron chi connectivity index (χ1n) is 7.60. The lowest BCUT2D eigenvalue weighted by Gasteiger charge is -2.34. The van der Waals surface area contributed by atoms with E-state index in [1.807, 2.05) is 42.6 Å². The number of rotatable bonds is 3. The molecule has 1 aliphatic rings. The van der Waals surface area contributed by atoms with Gasteiger partial charge in [0.25, 0.3) is 0 Å². The van der Waals surface area contributed by atoms with Crippen molar-refractivity contribution >= 4 is 16.9 Å². The van der Waals surface area contributed by atoms with Crippen LogP contribution in [0.3, 0.4) is 0 Å². The third-order valence-electron chi connectivity index (χ3n) is 4.09. The molecule has 0 unspecified atom stereocenters. The molecule has 1 fully saturated rings. The van der Waals surface area contributed by atoms with Crippen molar-refractivity contribution in [3.05, 3.63) is 54.6 Å². The number of furan rings is 1. The van der Waals surface area contributed by atoms with Crippen molar-refractivity contribution in [3.63, 3.8) is 0 Å². The van der Waals surface area contributed by atoms with Gasteiger partial charge in [-0.25, -0.2) is 4.98 Å². The summed E-state index contributed by atoms with van der Waals surface area (Å²) in [6.07, 6.45) is 3.61. The lowest BCUT2D eigenvalue weighted by atomic mass is 10.3. The van der Waals surface area contributed by atoms with Gasteiger partial charge in [0.15, 0.2) is 0 Å². The summed E-state index contributed by atoms with van der Waals surface area (Å²) in [5, 5.41) is 0. The van der Waals surface area contributed by atoms with Crippen molar-refractivity contribution in [1.29, 1.82) is 0 Å². The van der Waals surface area contributed by atoms with Crippen LogP contribution in [0.5, 0.6) is 0 Å². The zero-order valence-electron chi connectivity index (χ0n) is 12.4. The minimum Gasteiger partial charge on any atom is -0.468 e. The second kappa shape index (κ2) is 5.77. The van der Waals surface area contributed by atoms with Crippen molar-refractivity contribution < 1.29 is 4.42 Å². The van der Waals surface area contributed by atoms with Gasteiger partial charge in [-0.15, -0.1) is 0 Å². The molecule has 5 heteroatoms. The fraction of sp³-hybridized carbons (Fsp3) is 0.294. The van der Waals surface area contributed by atoms with Crippen LogP contribution in [0.15, 0.2) is 53.3 Å². The number of hydrogen-bond donors (Lipinski definition) is 0. The Morgan fingerprint density at radius 2 is 1.77 bits per heavy atom. The van der Waals surface area contributed by atoms with Crippen LogP contribution >= 0.6 is 0 Å². The van der Waals surface area contributed by atoms with Crippen molar-refractivity contribution in [2.75, 3.05) is 31.1 Å². The minimum atomic E-state index is 0.879. The van der Waals surface area contributed by atoms with Crippen LogP contribution in [0.4, 0.5) is 5.82 Å². The molecule has 0 N–H and O–H groups in total. The number of nitrogens with zero attached hydrogens (tertiary/aromatic N) is 4. The second-order valence-corrected chi connectivity index (χ2v) is 5.56. The fourth-order valence-electron chi connectivity index (χ4n) is 2.86. The van der Waals surface area contributed by atoms with Gasteiger partial charge in [0.05, 0.1) is 30.0 Å². The number of para-hydroxylation sites is 2. The Morgan fingerprint density at radius 3 is 2.55 bits per heavy atom. The summed E-state index contributed by atoms with van der Waals surface area (Å²) in [5.74, 6) is 2.00. The molecule has 0 bridgehead atoms. The van der Waals surface area contributed by atoms with E-state index in [0.717, 1.165) is 55.3 Å². The van der Waals surface area contributed by atoms with Crippen LogP contribution in [-0.2, 0) is 6.54 Å². The summed E-state index contributed by atoms with van der Waals surface area (Å²) < 4.78 is 5.42. The minimum absolute atomic E-state index is 0.879. The molecule has 5 nitrogen and oxygen atoms in total. The molecule has 0 saturated carbocycles. The van der Waals surface area contributed by atoms with Gasteiger partial charge in [-0.05, 0) is 24.3 Å². The number of piperazine rings is 1. The van der Waals surface area contributed by atoms with Gasteiger partial charge in [0.1, 0.15) is 11.6 Å². The molecule has 4 rings (SSSR count). The molecular formula is C17H18N4O. The number of fused-ring (bicyclic) bond motifs is 1. The largest absolute Gasteiger partial charge is 0.468 e. The van der Waals surface area contributed by atoms with Crippen LogP contribution < -0.4 is 4.90 Å². The highest BCUT2D eigenvalue weighted by molar-refractivity contribution is 5.75. The van der Waals surface area contributed by atoms with Crippen LogP contribution in [0.2, 0.25) is 0 Å². The van der Waals surface area contributed by atoms with E-state index in [1.54, 1.807) is 6.26 Å². The van der Waals surface area contributed by atoms with E-state index in [4.69, 9.17) is 9.40 Å². The summed E-state index contributed by atoms with van der Waals surface area (Å²) in [7, 11) is 0. The number of aromatic nitrogens is 2. The summed E-state index contributed by atoms with van der Waals surface area (Å²) >= 11 is 0. The molecule has 1 saturated heterocycles. The maximum atomic E-state index is 5.42. The van der Waals surface area contributed by atoms with Gasteiger partial charge in [0, 0.05) is 26.2 Å². The van der Waals surface area contributed by atoms with Crippen LogP contribution in [0.1, 0.15) is 5.76 Å². The molecule has 112 valence electrons. The first-order valence-corrected chi connectivity index (χ1v) is 7.60. The van der Waals surface area contributed by atoms with Crippen molar-refractivity contribution in [2.45, 2.75) is 6.54 Å². The molecule has 22 heavy (non-hydrogen) atoms. The fourth-order valence-corrected chi connectivity index (χ4v) is 2.86. The third-order valence-corrected chi connectivity index (χ3v) is 4.09. The monoisotopic (exact) mass is 294 g/mol.